The Labute approximate surface area is 256 Å². The number of carbonyl (C=O) groups is 2. The van der Waals surface area contributed by atoms with Gasteiger partial charge in [0.2, 0.25) is 21.8 Å². The van der Waals surface area contributed by atoms with Crippen LogP contribution in [0.1, 0.15) is 42.9 Å². The monoisotopic (exact) mass is 633 g/mol. The molecule has 1 unspecified atom stereocenters. The Morgan fingerprint density at radius 2 is 1.64 bits per heavy atom. The van der Waals surface area contributed by atoms with Crippen molar-refractivity contribution in [3.8, 4) is 5.75 Å². The molecule has 0 aliphatic rings. The molecular formula is C32H38F3N3O5S. The maximum absolute atomic E-state index is 13.9. The Morgan fingerprint density at radius 3 is 2.27 bits per heavy atom. The van der Waals surface area contributed by atoms with Gasteiger partial charge in [-0.3, -0.25) is 13.9 Å². The van der Waals surface area contributed by atoms with Gasteiger partial charge in [-0.15, -0.1) is 0 Å². The zero-order valence-electron chi connectivity index (χ0n) is 25.0. The summed E-state index contributed by atoms with van der Waals surface area (Å²) in [4.78, 5) is 28.8. The van der Waals surface area contributed by atoms with Gasteiger partial charge in [-0.25, -0.2) is 8.42 Å². The maximum Gasteiger partial charge on any atom is 0.416 e. The van der Waals surface area contributed by atoms with Crippen LogP contribution >= 0.6 is 0 Å². The van der Waals surface area contributed by atoms with Crippen LogP contribution in [0.5, 0.6) is 5.75 Å². The second-order valence-corrected chi connectivity index (χ2v) is 12.3. The average molecular weight is 634 g/mol. The highest BCUT2D eigenvalue weighted by Crippen LogP contribution is 2.32. The number of ether oxygens (including phenoxy) is 1. The topological polar surface area (TPSA) is 96.0 Å². The van der Waals surface area contributed by atoms with Crippen molar-refractivity contribution >= 4 is 27.5 Å². The van der Waals surface area contributed by atoms with Crippen molar-refractivity contribution in [1.82, 2.24) is 10.2 Å². The van der Waals surface area contributed by atoms with Crippen LogP contribution in [0.4, 0.5) is 18.9 Å². The molecule has 2 amide bonds. The smallest absolute Gasteiger partial charge is 0.416 e. The van der Waals surface area contributed by atoms with Crippen LogP contribution in [0.15, 0.2) is 78.9 Å². The van der Waals surface area contributed by atoms with E-state index < -0.39 is 33.7 Å². The highest BCUT2D eigenvalue weighted by atomic mass is 32.2. The first-order chi connectivity index (χ1) is 20.8. The lowest BCUT2D eigenvalue weighted by Gasteiger charge is -2.32. The zero-order valence-corrected chi connectivity index (χ0v) is 25.8. The Bertz CT molecular complexity index is 1500. The van der Waals surface area contributed by atoms with E-state index in [1.807, 2.05) is 43.3 Å². The molecule has 0 saturated heterocycles. The number of hydrogen-bond donors (Lipinski definition) is 1. The molecule has 1 atom stereocenters. The second-order valence-electron chi connectivity index (χ2n) is 10.4. The minimum atomic E-state index is -4.65. The lowest BCUT2D eigenvalue weighted by molar-refractivity contribution is -0.141. The third-order valence-corrected chi connectivity index (χ3v) is 8.12. The van der Waals surface area contributed by atoms with E-state index in [4.69, 9.17) is 4.74 Å². The van der Waals surface area contributed by atoms with Crippen molar-refractivity contribution in [2.24, 2.45) is 0 Å². The predicted octanol–water partition coefficient (Wildman–Crippen LogP) is 5.43. The third kappa shape index (κ3) is 10.0. The van der Waals surface area contributed by atoms with Gasteiger partial charge in [0.1, 0.15) is 11.8 Å². The summed E-state index contributed by atoms with van der Waals surface area (Å²) in [5.41, 5.74) is 0.441. The molecule has 0 aliphatic carbocycles. The summed E-state index contributed by atoms with van der Waals surface area (Å²) in [6.07, 6.45) is -2.96. The van der Waals surface area contributed by atoms with Crippen LogP contribution in [-0.4, -0.2) is 57.6 Å². The molecule has 1 N–H and O–H groups in total. The fraction of sp³-hybridized carbons (Fsp3) is 0.375. The number of sulfonamides is 1. The number of amides is 2. The summed E-state index contributed by atoms with van der Waals surface area (Å²) in [5, 5.41) is 2.89. The molecule has 0 spiro atoms. The van der Waals surface area contributed by atoms with Crippen molar-refractivity contribution in [3.63, 3.8) is 0 Å². The van der Waals surface area contributed by atoms with E-state index in [2.05, 4.69) is 5.32 Å². The quantitative estimate of drug-likeness (QED) is 0.241. The molecule has 0 aromatic heterocycles. The highest BCUT2D eigenvalue weighted by molar-refractivity contribution is 7.92. The third-order valence-electron chi connectivity index (χ3n) is 6.92. The molecule has 3 aromatic rings. The molecule has 0 radical (unpaired) electrons. The summed E-state index contributed by atoms with van der Waals surface area (Å²) >= 11 is 0. The van der Waals surface area contributed by atoms with Gasteiger partial charge in [0.15, 0.2) is 0 Å². The zero-order chi connectivity index (χ0) is 32.3. The second kappa shape index (κ2) is 15.6. The molecule has 44 heavy (non-hydrogen) atoms. The van der Waals surface area contributed by atoms with Crippen LogP contribution < -0.4 is 14.4 Å². The van der Waals surface area contributed by atoms with Gasteiger partial charge >= 0.3 is 6.18 Å². The number of methoxy groups -OCH3 is 1. The van der Waals surface area contributed by atoms with E-state index in [1.54, 1.807) is 18.2 Å². The minimum absolute atomic E-state index is 0.00535. The van der Waals surface area contributed by atoms with E-state index in [1.165, 1.54) is 18.1 Å². The van der Waals surface area contributed by atoms with Crippen molar-refractivity contribution in [1.29, 1.82) is 0 Å². The lowest BCUT2D eigenvalue weighted by atomic mass is 10.0. The largest absolute Gasteiger partial charge is 0.497 e. The standard InChI is InChI=1S/C32H38F3N3O5S/c1-4-18-36-31(40)29(21-24-11-6-5-7-12-24)37(23-25-13-8-16-28(20-25)43-2)30(39)17-10-19-38(44(3,41)42)27-15-9-14-26(22-27)32(33,34)35/h5-9,11-16,20,22,29H,4,10,17-19,21,23H2,1-3H3,(H,36,40). The van der Waals surface area contributed by atoms with E-state index in [9.17, 15) is 31.2 Å². The number of rotatable bonds is 15. The number of carbonyl (C=O) groups excluding carboxylic acids is 2. The molecule has 0 saturated carbocycles. The van der Waals surface area contributed by atoms with Gasteiger partial charge in [0, 0.05) is 32.5 Å². The van der Waals surface area contributed by atoms with E-state index in [0.29, 0.717) is 18.7 Å². The number of anilines is 1. The fourth-order valence-electron chi connectivity index (χ4n) is 4.73. The number of nitrogens with zero attached hydrogens (tertiary/aromatic N) is 2. The highest BCUT2D eigenvalue weighted by Gasteiger charge is 2.32. The molecule has 0 heterocycles. The van der Waals surface area contributed by atoms with Crippen molar-refractivity contribution in [3.05, 3.63) is 95.6 Å². The molecule has 0 fully saturated rings. The predicted molar refractivity (Wildman–Crippen MR) is 164 cm³/mol. The minimum Gasteiger partial charge on any atom is -0.497 e. The van der Waals surface area contributed by atoms with Crippen molar-refractivity contribution in [2.75, 3.05) is 30.8 Å². The number of halogens is 3. The number of hydrogen-bond acceptors (Lipinski definition) is 5. The number of benzene rings is 3. The SMILES string of the molecule is CCCNC(=O)C(Cc1ccccc1)N(Cc1cccc(OC)c1)C(=O)CCCN(c1cccc(C(F)(F)F)c1)S(C)(=O)=O. The first-order valence-corrected chi connectivity index (χ1v) is 16.1. The Hall–Kier alpha value is -4.06. The van der Waals surface area contributed by atoms with Gasteiger partial charge in [-0.1, -0.05) is 55.5 Å². The summed E-state index contributed by atoms with van der Waals surface area (Å²) < 4.78 is 71.3. The van der Waals surface area contributed by atoms with Crippen LogP contribution in [0.25, 0.3) is 0 Å². The first-order valence-electron chi connectivity index (χ1n) is 14.2. The molecule has 8 nitrogen and oxygen atoms in total. The van der Waals surface area contributed by atoms with Crippen LogP contribution in [-0.2, 0) is 38.8 Å². The van der Waals surface area contributed by atoms with Gasteiger partial charge in [-0.05, 0) is 54.3 Å². The molecule has 3 rings (SSSR count). The van der Waals surface area contributed by atoms with Gasteiger partial charge < -0.3 is 15.0 Å². The van der Waals surface area contributed by atoms with E-state index in [-0.39, 0.29) is 43.9 Å². The van der Waals surface area contributed by atoms with Gasteiger partial charge in [0.05, 0.1) is 24.6 Å². The molecule has 3 aromatic carbocycles. The summed E-state index contributed by atoms with van der Waals surface area (Å²) in [6.45, 7) is 2.19. The van der Waals surface area contributed by atoms with Crippen molar-refractivity contribution < 1.29 is 35.9 Å². The first kappa shape index (κ1) is 34.4. The molecule has 12 heteroatoms. The Morgan fingerprint density at radius 1 is 0.955 bits per heavy atom. The lowest BCUT2D eigenvalue weighted by Crippen LogP contribution is -2.50. The van der Waals surface area contributed by atoms with Crippen LogP contribution in [0.3, 0.4) is 0 Å². The summed E-state index contributed by atoms with van der Waals surface area (Å²) in [7, 11) is -2.45. The normalized spacial score (nSPS) is 12.3. The molecule has 238 valence electrons. The Balaban J connectivity index is 1.90. The summed E-state index contributed by atoms with van der Waals surface area (Å²) in [6, 6.07) is 19.6. The van der Waals surface area contributed by atoms with Crippen LogP contribution in [0, 0.1) is 0 Å². The Kier molecular flexibility index (Phi) is 12.2. The molecular weight excluding hydrogens is 595 g/mol. The van der Waals surface area contributed by atoms with E-state index in [0.717, 1.165) is 39.9 Å². The molecule has 0 bridgehead atoms. The van der Waals surface area contributed by atoms with Gasteiger partial charge in [-0.2, -0.15) is 13.2 Å². The van der Waals surface area contributed by atoms with Crippen molar-refractivity contribution in [2.45, 2.75) is 51.4 Å². The summed E-state index contributed by atoms with van der Waals surface area (Å²) in [5.74, 6) is -0.151. The number of alkyl halides is 3. The fourth-order valence-corrected chi connectivity index (χ4v) is 5.69. The maximum atomic E-state index is 13.9. The number of nitrogens with one attached hydrogen (secondary N) is 1. The van der Waals surface area contributed by atoms with E-state index >= 15 is 0 Å². The van der Waals surface area contributed by atoms with Gasteiger partial charge in [0.25, 0.3) is 0 Å². The molecule has 0 aliphatic heterocycles. The van der Waals surface area contributed by atoms with Crippen LogP contribution in [0.2, 0.25) is 0 Å². The average Bonchev–Trinajstić information content (AvgIpc) is 2.99.